The Morgan fingerprint density at radius 2 is 1.16 bits per heavy atom. The third-order valence-corrected chi connectivity index (χ3v) is 7.52. The Bertz CT molecular complexity index is 1510. The van der Waals surface area contributed by atoms with Gasteiger partial charge in [-0.25, -0.2) is 4.98 Å². The molecule has 4 rings (SSSR count). The molecule has 0 unspecified atom stereocenters. The Balaban J connectivity index is 0.000000236. The quantitative estimate of drug-likeness (QED) is 0.135. The van der Waals surface area contributed by atoms with E-state index in [4.69, 9.17) is 78.3 Å². The second-order valence-corrected chi connectivity index (χ2v) is 10.5. The number of aromatic nitrogens is 6. The molecular weight excluding hydrogens is 644 g/mol. The molecule has 0 saturated carbocycles. The number of hydrogen-bond donors (Lipinski definition) is 6. The number of nitrogens with zero attached hydrogens (tertiary/aromatic N) is 7. The lowest BCUT2D eigenvalue weighted by atomic mass is 10.1. The summed E-state index contributed by atoms with van der Waals surface area (Å²) >= 11 is 24.2. The average molecular weight is 673 g/mol. The molecule has 0 aliphatic carbocycles. The number of rotatable bonds is 11. The molecule has 0 aliphatic rings. The monoisotopic (exact) mass is 671 g/mol. The minimum absolute atomic E-state index is 0.106. The highest BCUT2D eigenvalue weighted by molar-refractivity contribution is 6.44. The normalized spacial score (nSPS) is 10.9. The number of halogens is 4. The molecule has 0 bridgehead atoms. The number of aliphatic hydroxyl groups is 4. The Morgan fingerprint density at radius 1 is 0.674 bits per heavy atom. The van der Waals surface area contributed by atoms with Crippen molar-refractivity contribution < 1.29 is 20.4 Å². The fourth-order valence-electron chi connectivity index (χ4n) is 3.68. The number of benzene rings is 2. The van der Waals surface area contributed by atoms with Crippen LogP contribution in [0.15, 0.2) is 36.4 Å². The van der Waals surface area contributed by atoms with Gasteiger partial charge in [0.15, 0.2) is 17.5 Å². The predicted molar refractivity (Wildman–Crippen MR) is 167 cm³/mol. The van der Waals surface area contributed by atoms with E-state index in [0.717, 1.165) is 0 Å². The number of hydrogen-bond acceptors (Lipinski definition) is 13. The molecule has 230 valence electrons. The largest absolute Gasteiger partial charge is 0.396 e. The highest BCUT2D eigenvalue weighted by Gasteiger charge is 2.18. The van der Waals surface area contributed by atoms with E-state index in [-0.39, 0.29) is 69.4 Å². The fraction of sp³-hybridized carbons (Fsp3) is 0.308. The van der Waals surface area contributed by atoms with Crippen molar-refractivity contribution in [2.24, 2.45) is 5.92 Å². The van der Waals surface area contributed by atoms with E-state index in [1.807, 2.05) is 0 Å². The maximum absolute atomic E-state index is 9.06. The summed E-state index contributed by atoms with van der Waals surface area (Å²) in [6.07, 6.45) is 0.285. The Kier molecular flexibility index (Phi) is 13.3. The third kappa shape index (κ3) is 8.94. The van der Waals surface area contributed by atoms with Gasteiger partial charge in [-0.3, -0.25) is 0 Å². The minimum Gasteiger partial charge on any atom is -0.396 e. The molecule has 8 N–H and O–H groups in total. The fourth-order valence-corrected chi connectivity index (χ4v) is 4.46. The predicted octanol–water partition coefficient (Wildman–Crippen LogP) is 2.79. The topological polar surface area (TPSA) is 214 Å². The zero-order chi connectivity index (χ0) is 31.5. The van der Waals surface area contributed by atoms with Crippen LogP contribution in [0.1, 0.15) is 5.82 Å². The number of nitrogen functional groups attached to an aromatic ring is 2. The highest BCUT2D eigenvalue weighted by atomic mass is 35.5. The van der Waals surface area contributed by atoms with Crippen LogP contribution in [0.5, 0.6) is 0 Å². The zero-order valence-electron chi connectivity index (χ0n) is 22.6. The Labute approximate surface area is 267 Å². The van der Waals surface area contributed by atoms with Crippen LogP contribution in [0.4, 0.5) is 17.6 Å². The molecule has 0 fully saturated rings. The van der Waals surface area contributed by atoms with E-state index in [9.17, 15) is 0 Å². The van der Waals surface area contributed by atoms with Crippen LogP contribution in [0.3, 0.4) is 0 Å². The molecule has 0 radical (unpaired) electrons. The van der Waals surface area contributed by atoms with Crippen molar-refractivity contribution in [1.29, 1.82) is 0 Å². The first-order valence-electron chi connectivity index (χ1n) is 12.7. The van der Waals surface area contributed by atoms with Crippen molar-refractivity contribution in [1.82, 2.24) is 30.4 Å². The summed E-state index contributed by atoms with van der Waals surface area (Å²) in [6.45, 7) is -0.0164. The van der Waals surface area contributed by atoms with Gasteiger partial charge in [0.05, 0.1) is 33.3 Å². The van der Waals surface area contributed by atoms with E-state index >= 15 is 0 Å². The summed E-state index contributed by atoms with van der Waals surface area (Å²) in [5, 5.41) is 53.6. The molecule has 2 aromatic carbocycles. The lowest BCUT2D eigenvalue weighted by molar-refractivity contribution is 0.148. The van der Waals surface area contributed by atoms with Gasteiger partial charge in [0.1, 0.15) is 11.4 Å². The van der Waals surface area contributed by atoms with Crippen molar-refractivity contribution in [3.8, 4) is 22.5 Å². The van der Waals surface area contributed by atoms with E-state index in [2.05, 4.69) is 30.4 Å². The Hall–Kier alpha value is -3.14. The lowest BCUT2D eigenvalue weighted by Crippen LogP contribution is -2.31. The summed E-state index contributed by atoms with van der Waals surface area (Å²) in [5.41, 5.74) is 13.6. The molecule has 0 saturated heterocycles. The summed E-state index contributed by atoms with van der Waals surface area (Å²) < 4.78 is 0. The summed E-state index contributed by atoms with van der Waals surface area (Å²) in [4.78, 5) is 9.88. The maximum atomic E-state index is 9.06. The van der Waals surface area contributed by atoms with Gasteiger partial charge in [-0.15, -0.1) is 20.4 Å². The summed E-state index contributed by atoms with van der Waals surface area (Å²) in [5.74, 6) is 0.533. The van der Waals surface area contributed by atoms with Gasteiger partial charge in [0.2, 0.25) is 5.95 Å². The van der Waals surface area contributed by atoms with Crippen molar-refractivity contribution >= 4 is 64.0 Å². The first-order valence-corrected chi connectivity index (χ1v) is 14.2. The van der Waals surface area contributed by atoms with Crippen LogP contribution in [0.2, 0.25) is 20.1 Å². The van der Waals surface area contributed by atoms with Crippen LogP contribution in [-0.4, -0.2) is 90.3 Å². The first-order chi connectivity index (χ1) is 20.6. The van der Waals surface area contributed by atoms with Gasteiger partial charge >= 0.3 is 0 Å². The van der Waals surface area contributed by atoms with Gasteiger partial charge in [0.25, 0.3) is 0 Å². The van der Waals surface area contributed by atoms with Crippen molar-refractivity contribution in [3.63, 3.8) is 0 Å². The smallest absolute Gasteiger partial charge is 0.247 e. The van der Waals surface area contributed by atoms with E-state index in [0.29, 0.717) is 48.4 Å². The van der Waals surface area contributed by atoms with Gasteiger partial charge in [-0.1, -0.05) is 70.7 Å². The average Bonchev–Trinajstić information content (AvgIpc) is 2.99. The molecule has 43 heavy (non-hydrogen) atoms. The second-order valence-electron chi connectivity index (χ2n) is 8.88. The number of nitrogens with two attached hydrogens (primary N) is 2. The molecule has 2 aromatic heterocycles. The highest BCUT2D eigenvalue weighted by Crippen LogP contribution is 2.35. The van der Waals surface area contributed by atoms with Gasteiger partial charge < -0.3 is 36.8 Å². The van der Waals surface area contributed by atoms with Crippen LogP contribution in [0.25, 0.3) is 22.5 Å². The summed E-state index contributed by atoms with van der Waals surface area (Å²) in [6, 6.07) is 10.2. The molecule has 4 aromatic rings. The van der Waals surface area contributed by atoms with Crippen LogP contribution < -0.4 is 16.4 Å². The van der Waals surface area contributed by atoms with Gasteiger partial charge in [-0.05, 0) is 12.1 Å². The summed E-state index contributed by atoms with van der Waals surface area (Å²) in [7, 11) is 0. The molecule has 0 aliphatic heterocycles. The zero-order valence-corrected chi connectivity index (χ0v) is 25.6. The van der Waals surface area contributed by atoms with Crippen molar-refractivity contribution in [3.05, 3.63) is 62.3 Å². The molecule has 0 atom stereocenters. The van der Waals surface area contributed by atoms with Crippen LogP contribution >= 0.6 is 46.4 Å². The van der Waals surface area contributed by atoms with Crippen molar-refractivity contribution in [2.45, 2.75) is 6.42 Å². The van der Waals surface area contributed by atoms with Gasteiger partial charge in [-0.2, -0.15) is 4.98 Å². The molecular formula is C26H29Cl4N9O4. The molecule has 2 heterocycles. The second kappa shape index (κ2) is 16.6. The first kappa shape index (κ1) is 34.4. The molecule has 0 amide bonds. The Morgan fingerprint density at radius 3 is 1.60 bits per heavy atom. The SMILES string of the molecule is Nc1nc(CC(CO)CO)nnc1-c1cccc(Cl)c1Cl.Nc1nc(N(CCO)CCO)nnc1-c1cccc(Cl)c1Cl. The molecule has 13 nitrogen and oxygen atoms in total. The van der Waals surface area contributed by atoms with Crippen LogP contribution in [-0.2, 0) is 6.42 Å². The standard InChI is InChI=1S/C13H15Cl2N5O2.C13H14Cl2N4O2/c14-9-3-1-2-8(10(9)15)11-12(16)17-13(19-18-11)20(4-6-21)5-7-22;14-9-3-1-2-8(11(9)15)12-13(16)17-10(18-19-12)4-7(5-20)6-21/h1-3,21-22H,4-7H2,(H2,16,17,19);1-3,7,20-21H,4-6H2,(H2,16,17,18). The van der Waals surface area contributed by atoms with E-state index in [1.165, 1.54) is 0 Å². The lowest BCUT2D eigenvalue weighted by Gasteiger charge is -2.20. The van der Waals surface area contributed by atoms with Crippen molar-refractivity contribution in [2.75, 3.05) is 55.9 Å². The molecule has 0 spiro atoms. The number of anilines is 3. The van der Waals surface area contributed by atoms with E-state index in [1.54, 1.807) is 41.3 Å². The third-order valence-electron chi connectivity index (χ3n) is 5.88. The number of aliphatic hydroxyl groups excluding tert-OH is 4. The van der Waals surface area contributed by atoms with E-state index < -0.39 is 0 Å². The van der Waals surface area contributed by atoms with Gasteiger partial charge in [0, 0.05) is 49.8 Å². The van der Waals surface area contributed by atoms with Crippen LogP contribution in [0, 0.1) is 5.92 Å². The maximum Gasteiger partial charge on any atom is 0.247 e. The minimum atomic E-state index is -0.341. The molecule has 17 heteroatoms.